The van der Waals surface area contributed by atoms with Crippen LogP contribution in [0.1, 0.15) is 17.2 Å². The molecule has 1 atom stereocenters. The van der Waals surface area contributed by atoms with Gasteiger partial charge in [0.1, 0.15) is 5.75 Å². The third-order valence-electron chi connectivity index (χ3n) is 4.61. The molecule has 0 aromatic heterocycles. The van der Waals surface area contributed by atoms with Crippen LogP contribution in [-0.2, 0) is 0 Å². The zero-order chi connectivity index (χ0) is 19.0. The Kier molecular flexibility index (Phi) is 5.49. The van der Waals surface area contributed by atoms with E-state index in [2.05, 4.69) is 10.8 Å². The molecule has 144 valence electrons. The quantitative estimate of drug-likeness (QED) is 0.404. The molecule has 0 unspecified atom stereocenters. The summed E-state index contributed by atoms with van der Waals surface area (Å²) in [7, 11) is 0. The molecule has 0 bridgehead atoms. The Bertz CT molecular complexity index is 1110. The minimum absolute atomic E-state index is 0. The Balaban J connectivity index is 0.00000225. The van der Waals surface area contributed by atoms with Crippen LogP contribution in [0.4, 0.5) is 13.2 Å². The summed E-state index contributed by atoms with van der Waals surface area (Å²) in [6.45, 7) is 0. The second kappa shape index (κ2) is 7.70. The van der Waals surface area contributed by atoms with E-state index in [4.69, 9.17) is 5.73 Å². The molecule has 0 aliphatic rings. The third-order valence-corrected chi connectivity index (χ3v) is 4.61. The van der Waals surface area contributed by atoms with Crippen LogP contribution in [0.5, 0.6) is 5.75 Å². The van der Waals surface area contributed by atoms with Crippen LogP contribution in [-0.4, -0.2) is 6.36 Å². The maximum absolute atomic E-state index is 12.3. The van der Waals surface area contributed by atoms with Gasteiger partial charge >= 0.3 is 6.36 Å². The average Bonchev–Trinajstić information content (AvgIpc) is 2.66. The first-order valence-electron chi connectivity index (χ1n) is 8.44. The van der Waals surface area contributed by atoms with Crippen LogP contribution in [0, 0.1) is 0 Å². The first kappa shape index (κ1) is 20.0. The van der Waals surface area contributed by atoms with E-state index in [-0.39, 0.29) is 18.2 Å². The molecule has 0 saturated heterocycles. The summed E-state index contributed by atoms with van der Waals surface area (Å²) in [5, 5.41) is 4.33. The summed E-state index contributed by atoms with van der Waals surface area (Å²) in [6.07, 6.45) is -4.71. The van der Waals surface area contributed by atoms with E-state index in [0.29, 0.717) is 5.56 Å². The Hall–Kier alpha value is -2.76. The molecule has 0 fully saturated rings. The molecule has 28 heavy (non-hydrogen) atoms. The Morgan fingerprint density at radius 2 is 1.32 bits per heavy atom. The van der Waals surface area contributed by atoms with E-state index in [1.54, 1.807) is 12.1 Å². The molecule has 0 radical (unpaired) electrons. The lowest BCUT2D eigenvalue weighted by Crippen LogP contribution is -2.17. The summed E-state index contributed by atoms with van der Waals surface area (Å²) >= 11 is 0. The minimum Gasteiger partial charge on any atom is -0.406 e. The number of hydrogen-bond acceptors (Lipinski definition) is 2. The van der Waals surface area contributed by atoms with Gasteiger partial charge in [0, 0.05) is 0 Å². The number of halogens is 4. The molecule has 0 saturated carbocycles. The van der Waals surface area contributed by atoms with Crippen molar-refractivity contribution in [2.75, 3.05) is 0 Å². The highest BCUT2D eigenvalue weighted by molar-refractivity contribution is 6.09. The first-order chi connectivity index (χ1) is 12.9. The Morgan fingerprint density at radius 3 is 1.96 bits per heavy atom. The van der Waals surface area contributed by atoms with Crippen LogP contribution in [0.3, 0.4) is 0 Å². The van der Waals surface area contributed by atoms with Gasteiger partial charge in [-0.25, -0.2) is 0 Å². The van der Waals surface area contributed by atoms with Crippen molar-refractivity contribution in [1.82, 2.24) is 0 Å². The van der Waals surface area contributed by atoms with E-state index >= 15 is 0 Å². The molecule has 4 aromatic carbocycles. The zero-order valence-electron chi connectivity index (χ0n) is 14.6. The number of benzene rings is 4. The van der Waals surface area contributed by atoms with E-state index in [1.165, 1.54) is 12.1 Å². The van der Waals surface area contributed by atoms with Crippen LogP contribution >= 0.6 is 12.4 Å². The molecule has 0 aliphatic heterocycles. The highest BCUT2D eigenvalue weighted by Gasteiger charge is 2.31. The summed E-state index contributed by atoms with van der Waals surface area (Å²) in [4.78, 5) is 0. The summed E-state index contributed by atoms with van der Waals surface area (Å²) in [5.74, 6) is -0.262. The standard InChI is InChI=1S/C22H16F3NO.ClH/c23-22(24,25)27-16-11-9-14(10-12-16)21(26)20-13-15-5-1-2-6-17(15)18-7-3-4-8-19(18)20;/h1-13,21H,26H2;1H/t21-;/m1./s1. The van der Waals surface area contributed by atoms with Crippen LogP contribution in [0.25, 0.3) is 21.5 Å². The number of nitrogens with two attached hydrogens (primary N) is 1. The van der Waals surface area contributed by atoms with E-state index in [1.807, 2.05) is 48.5 Å². The Morgan fingerprint density at radius 1 is 0.750 bits per heavy atom. The van der Waals surface area contributed by atoms with Crippen molar-refractivity contribution in [3.8, 4) is 5.75 Å². The molecule has 6 heteroatoms. The molecule has 0 heterocycles. The molecular formula is C22H17ClF3NO. The third kappa shape index (κ3) is 3.91. The lowest BCUT2D eigenvalue weighted by Gasteiger charge is -2.18. The van der Waals surface area contributed by atoms with Crippen molar-refractivity contribution in [2.24, 2.45) is 5.73 Å². The van der Waals surface area contributed by atoms with Crippen LogP contribution in [0.2, 0.25) is 0 Å². The Labute approximate surface area is 166 Å². The number of alkyl halides is 3. The lowest BCUT2D eigenvalue weighted by atomic mass is 9.91. The van der Waals surface area contributed by atoms with Crippen molar-refractivity contribution in [2.45, 2.75) is 12.4 Å². The normalized spacial score (nSPS) is 12.6. The highest BCUT2D eigenvalue weighted by atomic mass is 35.5. The topological polar surface area (TPSA) is 35.2 Å². The average molecular weight is 404 g/mol. The van der Waals surface area contributed by atoms with Crippen molar-refractivity contribution < 1.29 is 17.9 Å². The minimum atomic E-state index is -4.71. The van der Waals surface area contributed by atoms with E-state index < -0.39 is 12.4 Å². The fourth-order valence-electron chi connectivity index (χ4n) is 3.40. The molecular weight excluding hydrogens is 387 g/mol. The van der Waals surface area contributed by atoms with Crippen molar-refractivity contribution in [1.29, 1.82) is 0 Å². The maximum atomic E-state index is 12.3. The number of fused-ring (bicyclic) bond motifs is 3. The first-order valence-corrected chi connectivity index (χ1v) is 8.44. The molecule has 0 spiro atoms. The fourth-order valence-corrected chi connectivity index (χ4v) is 3.40. The maximum Gasteiger partial charge on any atom is 0.573 e. The van der Waals surface area contributed by atoms with Gasteiger partial charge < -0.3 is 10.5 Å². The predicted molar refractivity (Wildman–Crippen MR) is 108 cm³/mol. The van der Waals surface area contributed by atoms with Gasteiger partial charge in [-0.1, -0.05) is 60.7 Å². The van der Waals surface area contributed by atoms with Gasteiger partial charge in [-0.3, -0.25) is 0 Å². The number of ether oxygens (including phenoxy) is 1. The largest absolute Gasteiger partial charge is 0.573 e. The fraction of sp³-hybridized carbons (Fsp3) is 0.0909. The van der Waals surface area contributed by atoms with Crippen LogP contribution in [0.15, 0.2) is 78.9 Å². The van der Waals surface area contributed by atoms with Crippen molar-refractivity contribution in [3.05, 3.63) is 90.0 Å². The van der Waals surface area contributed by atoms with Gasteiger partial charge in [0.25, 0.3) is 0 Å². The monoisotopic (exact) mass is 403 g/mol. The number of rotatable bonds is 3. The van der Waals surface area contributed by atoms with E-state index in [0.717, 1.165) is 27.1 Å². The predicted octanol–water partition coefficient (Wildman–Crippen LogP) is 6.36. The molecule has 0 aliphatic carbocycles. The second-order valence-electron chi connectivity index (χ2n) is 6.33. The number of hydrogen-bond donors (Lipinski definition) is 1. The highest BCUT2D eigenvalue weighted by Crippen LogP contribution is 2.34. The molecule has 4 aromatic rings. The smallest absolute Gasteiger partial charge is 0.406 e. The van der Waals surface area contributed by atoms with Gasteiger partial charge in [0.2, 0.25) is 0 Å². The van der Waals surface area contributed by atoms with Gasteiger partial charge in [-0.2, -0.15) is 0 Å². The second-order valence-corrected chi connectivity index (χ2v) is 6.33. The lowest BCUT2D eigenvalue weighted by molar-refractivity contribution is -0.274. The van der Waals surface area contributed by atoms with Gasteiger partial charge in [0.05, 0.1) is 6.04 Å². The van der Waals surface area contributed by atoms with Crippen LogP contribution < -0.4 is 10.5 Å². The van der Waals surface area contributed by atoms with Gasteiger partial charge in [-0.05, 0) is 50.9 Å². The summed E-state index contributed by atoms with van der Waals surface area (Å²) < 4.78 is 41.0. The zero-order valence-corrected chi connectivity index (χ0v) is 15.4. The summed E-state index contributed by atoms with van der Waals surface area (Å²) in [6, 6.07) is 23.3. The van der Waals surface area contributed by atoms with Crippen molar-refractivity contribution in [3.63, 3.8) is 0 Å². The summed E-state index contributed by atoms with van der Waals surface area (Å²) in [5.41, 5.74) is 8.13. The molecule has 2 nitrogen and oxygen atoms in total. The van der Waals surface area contributed by atoms with Gasteiger partial charge in [0.15, 0.2) is 0 Å². The van der Waals surface area contributed by atoms with E-state index in [9.17, 15) is 13.2 Å². The SMILES string of the molecule is Cl.N[C@H](c1ccc(OC(F)(F)F)cc1)c1cc2ccccc2c2ccccc12. The molecule has 4 rings (SSSR count). The van der Waals surface area contributed by atoms with Gasteiger partial charge in [-0.15, -0.1) is 25.6 Å². The molecule has 2 N–H and O–H groups in total. The molecule has 0 amide bonds. The van der Waals surface area contributed by atoms with Crippen molar-refractivity contribution >= 4 is 34.0 Å².